The first-order valence-electron chi connectivity index (χ1n) is 9.51. The van der Waals surface area contributed by atoms with Crippen molar-refractivity contribution in [2.75, 3.05) is 12.4 Å². The molecule has 1 atom stereocenters. The van der Waals surface area contributed by atoms with Gasteiger partial charge in [0.1, 0.15) is 5.82 Å². The van der Waals surface area contributed by atoms with Gasteiger partial charge in [0.2, 0.25) is 5.16 Å². The minimum Gasteiger partial charge on any atom is -0.376 e. The molecule has 0 aliphatic carbocycles. The van der Waals surface area contributed by atoms with Crippen LogP contribution in [0.15, 0.2) is 35.5 Å². The van der Waals surface area contributed by atoms with Gasteiger partial charge in [-0.2, -0.15) is 0 Å². The van der Waals surface area contributed by atoms with Gasteiger partial charge in [-0.05, 0) is 67.4 Å². The van der Waals surface area contributed by atoms with E-state index in [1.54, 1.807) is 16.8 Å². The first-order chi connectivity index (χ1) is 14.0. The zero-order valence-corrected chi connectivity index (χ0v) is 17.2. The fourth-order valence-electron chi connectivity index (χ4n) is 3.64. The number of aryl methyl sites for hydroxylation is 1. The molecule has 0 spiro atoms. The highest BCUT2D eigenvalue weighted by Crippen LogP contribution is 2.24. The van der Waals surface area contributed by atoms with Gasteiger partial charge in [-0.15, -0.1) is 5.10 Å². The van der Waals surface area contributed by atoms with Gasteiger partial charge in [-0.3, -0.25) is 4.79 Å². The van der Waals surface area contributed by atoms with Gasteiger partial charge >= 0.3 is 0 Å². The summed E-state index contributed by atoms with van der Waals surface area (Å²) in [7, 11) is 0. The summed E-state index contributed by atoms with van der Waals surface area (Å²) in [5, 5.41) is 12.4. The molecule has 29 heavy (non-hydrogen) atoms. The molecule has 3 heterocycles. The van der Waals surface area contributed by atoms with Crippen LogP contribution in [0.5, 0.6) is 0 Å². The third-order valence-corrected chi connectivity index (χ3v) is 6.01. The molecule has 152 valence electrons. The molecule has 2 aromatic heterocycles. The van der Waals surface area contributed by atoms with E-state index in [1.165, 1.54) is 23.9 Å². The van der Waals surface area contributed by atoms with Crippen molar-refractivity contribution in [1.82, 2.24) is 24.8 Å². The summed E-state index contributed by atoms with van der Waals surface area (Å²) in [5.74, 6) is -0.0488. The van der Waals surface area contributed by atoms with Crippen LogP contribution in [0.3, 0.4) is 0 Å². The molecule has 1 aromatic carbocycles. The average molecular weight is 415 g/mol. The van der Waals surface area contributed by atoms with Crippen molar-refractivity contribution < 1.29 is 13.9 Å². The maximum Gasteiger partial charge on any atom is 0.209 e. The Kier molecular flexibility index (Phi) is 5.77. The Morgan fingerprint density at radius 3 is 2.83 bits per heavy atom. The van der Waals surface area contributed by atoms with Crippen LogP contribution in [0.1, 0.15) is 34.6 Å². The minimum absolute atomic E-state index is 0.00290. The Morgan fingerprint density at radius 1 is 1.31 bits per heavy atom. The highest BCUT2D eigenvalue weighted by Gasteiger charge is 2.21. The summed E-state index contributed by atoms with van der Waals surface area (Å²) in [5.41, 5.74) is 3.23. The van der Waals surface area contributed by atoms with E-state index in [1.807, 2.05) is 24.5 Å². The van der Waals surface area contributed by atoms with E-state index in [0.29, 0.717) is 17.3 Å². The summed E-state index contributed by atoms with van der Waals surface area (Å²) in [6.07, 6.45) is 2.18. The third-order valence-electron chi connectivity index (χ3n) is 5.05. The van der Waals surface area contributed by atoms with Crippen molar-refractivity contribution in [3.8, 4) is 5.69 Å². The second-order valence-electron chi connectivity index (χ2n) is 7.09. The number of benzene rings is 1. The van der Waals surface area contributed by atoms with Gasteiger partial charge < -0.3 is 9.30 Å². The van der Waals surface area contributed by atoms with Gasteiger partial charge in [-0.1, -0.05) is 11.8 Å². The zero-order valence-electron chi connectivity index (χ0n) is 16.3. The first-order valence-corrected chi connectivity index (χ1v) is 10.5. The molecule has 1 saturated heterocycles. The van der Waals surface area contributed by atoms with Gasteiger partial charge in [0, 0.05) is 29.2 Å². The van der Waals surface area contributed by atoms with Crippen molar-refractivity contribution in [2.45, 2.75) is 44.5 Å². The Balaban J connectivity index is 1.46. The van der Waals surface area contributed by atoms with Crippen LogP contribution in [0.25, 0.3) is 5.69 Å². The molecule has 3 aromatic rings. The number of tetrazole rings is 1. The second kappa shape index (κ2) is 8.46. The van der Waals surface area contributed by atoms with E-state index in [0.717, 1.165) is 36.5 Å². The standard InChI is InChI=1S/C20H22FN5O2S/c1-13-10-18(14(2)26(13)16-7-5-15(21)6-8-16)19(27)12-29-20-22-23-24-25(20)11-17-4-3-9-28-17/h5-8,10,17H,3-4,9,11-12H2,1-2H3. The lowest BCUT2D eigenvalue weighted by Gasteiger charge is -2.10. The lowest BCUT2D eigenvalue weighted by atomic mass is 10.2. The van der Waals surface area contributed by atoms with Crippen LogP contribution in [0.2, 0.25) is 0 Å². The summed E-state index contributed by atoms with van der Waals surface area (Å²) in [6, 6.07) is 8.12. The third kappa shape index (κ3) is 4.25. The molecule has 4 rings (SSSR count). The Bertz CT molecular complexity index is 1010. The first kappa shape index (κ1) is 19.8. The van der Waals surface area contributed by atoms with Crippen LogP contribution >= 0.6 is 11.8 Å². The van der Waals surface area contributed by atoms with Crippen molar-refractivity contribution in [3.05, 3.63) is 53.1 Å². The molecular formula is C20H22FN5O2S. The van der Waals surface area contributed by atoms with E-state index in [4.69, 9.17) is 4.74 Å². The zero-order chi connectivity index (χ0) is 20.4. The predicted molar refractivity (Wildman–Crippen MR) is 107 cm³/mol. The fraction of sp³-hybridized carbons (Fsp3) is 0.400. The summed E-state index contributed by atoms with van der Waals surface area (Å²) in [6.45, 7) is 5.21. The normalized spacial score (nSPS) is 16.4. The molecule has 1 unspecified atom stereocenters. The number of thioether (sulfide) groups is 1. The number of hydrogen-bond acceptors (Lipinski definition) is 6. The SMILES string of the molecule is Cc1cc(C(=O)CSc2nnnn2CC2CCCO2)c(C)n1-c1ccc(F)cc1. The Hall–Kier alpha value is -2.52. The molecule has 7 nitrogen and oxygen atoms in total. The Labute approximate surface area is 172 Å². The number of carbonyl (C=O) groups is 1. The molecule has 0 amide bonds. The van der Waals surface area contributed by atoms with Crippen LogP contribution in [0, 0.1) is 19.7 Å². The number of carbonyl (C=O) groups excluding carboxylic acids is 1. The summed E-state index contributed by atoms with van der Waals surface area (Å²) < 4.78 is 22.5. The number of Topliss-reactive ketones (excluding diaryl/α,β-unsaturated/α-hetero) is 1. The number of nitrogens with zero attached hydrogens (tertiary/aromatic N) is 5. The molecule has 0 N–H and O–H groups in total. The highest BCUT2D eigenvalue weighted by molar-refractivity contribution is 7.99. The molecule has 0 bridgehead atoms. The van der Waals surface area contributed by atoms with E-state index >= 15 is 0 Å². The van der Waals surface area contributed by atoms with Crippen molar-refractivity contribution in [1.29, 1.82) is 0 Å². The minimum atomic E-state index is -0.287. The summed E-state index contributed by atoms with van der Waals surface area (Å²) in [4.78, 5) is 12.9. The van der Waals surface area contributed by atoms with E-state index < -0.39 is 0 Å². The van der Waals surface area contributed by atoms with Crippen LogP contribution in [-0.2, 0) is 11.3 Å². The maximum atomic E-state index is 13.2. The van der Waals surface area contributed by atoms with Crippen LogP contribution < -0.4 is 0 Å². The van der Waals surface area contributed by atoms with Gasteiger partial charge in [-0.25, -0.2) is 9.07 Å². The Morgan fingerprint density at radius 2 is 2.10 bits per heavy atom. The van der Waals surface area contributed by atoms with Crippen molar-refractivity contribution in [2.24, 2.45) is 0 Å². The quantitative estimate of drug-likeness (QED) is 0.435. The smallest absolute Gasteiger partial charge is 0.209 e. The molecular weight excluding hydrogens is 393 g/mol. The number of rotatable bonds is 7. The number of ketones is 1. The van der Waals surface area contributed by atoms with Crippen molar-refractivity contribution >= 4 is 17.5 Å². The largest absolute Gasteiger partial charge is 0.376 e. The predicted octanol–water partition coefficient (Wildman–Crippen LogP) is 3.37. The number of ether oxygens (including phenoxy) is 1. The summed E-state index contributed by atoms with van der Waals surface area (Å²) >= 11 is 1.32. The van der Waals surface area contributed by atoms with Crippen molar-refractivity contribution in [3.63, 3.8) is 0 Å². The molecule has 1 aliphatic heterocycles. The molecule has 0 saturated carbocycles. The van der Waals surface area contributed by atoms with Gasteiger partial charge in [0.15, 0.2) is 5.78 Å². The van der Waals surface area contributed by atoms with Gasteiger partial charge in [0.05, 0.1) is 18.4 Å². The van der Waals surface area contributed by atoms with Gasteiger partial charge in [0.25, 0.3) is 0 Å². The highest BCUT2D eigenvalue weighted by atomic mass is 32.2. The van der Waals surface area contributed by atoms with E-state index in [-0.39, 0.29) is 23.5 Å². The van der Waals surface area contributed by atoms with Crippen LogP contribution in [0.4, 0.5) is 4.39 Å². The second-order valence-corrected chi connectivity index (χ2v) is 8.03. The van der Waals surface area contributed by atoms with E-state index in [2.05, 4.69) is 15.5 Å². The monoisotopic (exact) mass is 415 g/mol. The topological polar surface area (TPSA) is 74.8 Å². The number of halogens is 1. The molecule has 0 radical (unpaired) electrons. The lowest BCUT2D eigenvalue weighted by Crippen LogP contribution is -2.17. The molecule has 9 heteroatoms. The average Bonchev–Trinajstić information content (AvgIpc) is 3.43. The molecule has 1 fully saturated rings. The van der Waals surface area contributed by atoms with Crippen LogP contribution in [-0.4, -0.2) is 49.0 Å². The molecule has 1 aliphatic rings. The fourth-order valence-corrected chi connectivity index (χ4v) is 4.41. The number of hydrogen-bond donors (Lipinski definition) is 0. The number of aromatic nitrogens is 5. The lowest BCUT2D eigenvalue weighted by molar-refractivity contribution is 0.0912. The van der Waals surface area contributed by atoms with E-state index in [9.17, 15) is 9.18 Å². The maximum absolute atomic E-state index is 13.2.